The number of carbonyl (C=O) groups excluding carboxylic acids is 2. The maximum absolute atomic E-state index is 11.7. The van der Waals surface area contributed by atoms with Gasteiger partial charge in [0, 0.05) is 12.8 Å². The van der Waals surface area contributed by atoms with Crippen LogP contribution >= 0.6 is 0 Å². The van der Waals surface area contributed by atoms with Crippen molar-refractivity contribution in [1.82, 2.24) is 0 Å². The molecule has 0 heterocycles. The summed E-state index contributed by atoms with van der Waals surface area (Å²) in [6.07, 6.45) is 3.13. The van der Waals surface area contributed by atoms with E-state index in [0.29, 0.717) is 17.8 Å². The van der Waals surface area contributed by atoms with Gasteiger partial charge in [-0.05, 0) is 31.6 Å². The monoisotopic (exact) mass is 297 g/mol. The third-order valence-corrected chi connectivity index (χ3v) is 4.04. The molecule has 0 spiro atoms. The zero-order valence-electron chi connectivity index (χ0n) is 13.7. The first kappa shape index (κ1) is 17.7. The van der Waals surface area contributed by atoms with Crippen molar-refractivity contribution in [2.24, 2.45) is 22.9 Å². The minimum atomic E-state index is -0.713. The molecule has 1 aliphatic rings. The zero-order chi connectivity index (χ0) is 16.0. The molecule has 1 rings (SSSR count). The summed E-state index contributed by atoms with van der Waals surface area (Å²) < 4.78 is 4.83. The molecule has 120 valence electrons. The van der Waals surface area contributed by atoms with Crippen molar-refractivity contribution in [2.75, 3.05) is 6.61 Å². The number of hydrogen-bond acceptors (Lipinski definition) is 5. The maximum Gasteiger partial charge on any atom is 0.364 e. The lowest BCUT2D eigenvalue weighted by Crippen LogP contribution is -2.34. The lowest BCUT2D eigenvalue weighted by atomic mass is 9.75. The summed E-state index contributed by atoms with van der Waals surface area (Å²) in [5.41, 5.74) is -0.252. The van der Waals surface area contributed by atoms with Crippen LogP contribution in [0.5, 0.6) is 0 Å². The normalized spacial score (nSPS) is 26.6. The van der Waals surface area contributed by atoms with Crippen molar-refractivity contribution < 1.29 is 19.2 Å². The summed E-state index contributed by atoms with van der Waals surface area (Å²) in [6.45, 7) is 9.71. The molecule has 21 heavy (non-hydrogen) atoms. The van der Waals surface area contributed by atoms with Crippen molar-refractivity contribution in [2.45, 2.75) is 60.0 Å². The second kappa shape index (κ2) is 8.15. The van der Waals surface area contributed by atoms with Gasteiger partial charge in [-0.25, -0.2) is 4.79 Å². The summed E-state index contributed by atoms with van der Waals surface area (Å²) in [6, 6.07) is 0. The third kappa shape index (κ3) is 5.14. The Bertz CT molecular complexity index is 403. The topological polar surface area (TPSA) is 65.0 Å². The van der Waals surface area contributed by atoms with Crippen LogP contribution in [0.4, 0.5) is 0 Å². The standard InChI is InChI=1S/C16H27NO4/c1-6-20-16(19)15(12(5)18)17-21-14-9-11(4)7-8-13(14)10(2)3/h10-11,13-14H,6-9H2,1-5H3/b17-15-/t11-,13+,14+/m1/s1. The fourth-order valence-corrected chi connectivity index (χ4v) is 2.80. The van der Waals surface area contributed by atoms with Crippen LogP contribution in [0.2, 0.25) is 0 Å². The fraction of sp³-hybridized carbons (Fsp3) is 0.812. The Morgan fingerprint density at radius 2 is 1.95 bits per heavy atom. The minimum Gasteiger partial charge on any atom is -0.461 e. The first-order valence-corrected chi connectivity index (χ1v) is 7.78. The summed E-state index contributed by atoms with van der Waals surface area (Å²) in [7, 11) is 0. The number of nitrogens with zero attached hydrogens (tertiary/aromatic N) is 1. The molecule has 0 unspecified atom stereocenters. The Labute approximate surface area is 127 Å². The van der Waals surface area contributed by atoms with Gasteiger partial charge in [-0.2, -0.15) is 0 Å². The number of oxime groups is 1. The number of Topliss-reactive ketones (excluding diaryl/α,β-unsaturated/α-hetero) is 1. The van der Waals surface area contributed by atoms with Gasteiger partial charge in [-0.15, -0.1) is 0 Å². The number of hydrogen-bond donors (Lipinski definition) is 0. The van der Waals surface area contributed by atoms with E-state index >= 15 is 0 Å². The lowest BCUT2D eigenvalue weighted by Gasteiger charge is -2.35. The van der Waals surface area contributed by atoms with E-state index in [4.69, 9.17) is 9.57 Å². The van der Waals surface area contributed by atoms with E-state index in [1.165, 1.54) is 13.3 Å². The highest BCUT2D eigenvalue weighted by atomic mass is 16.6. The predicted molar refractivity (Wildman–Crippen MR) is 81.0 cm³/mol. The van der Waals surface area contributed by atoms with Gasteiger partial charge in [0.1, 0.15) is 6.10 Å². The van der Waals surface area contributed by atoms with E-state index in [2.05, 4.69) is 25.9 Å². The highest BCUT2D eigenvalue weighted by Gasteiger charge is 2.33. The van der Waals surface area contributed by atoms with Crippen LogP contribution in [0.3, 0.4) is 0 Å². The van der Waals surface area contributed by atoms with E-state index in [-0.39, 0.29) is 18.4 Å². The van der Waals surface area contributed by atoms with E-state index in [9.17, 15) is 9.59 Å². The molecule has 0 aromatic heterocycles. The molecule has 1 aliphatic carbocycles. The maximum atomic E-state index is 11.7. The molecule has 0 saturated heterocycles. The number of carbonyl (C=O) groups is 2. The first-order chi connectivity index (χ1) is 9.86. The number of esters is 1. The summed E-state index contributed by atoms with van der Waals surface area (Å²) in [5, 5.41) is 3.83. The van der Waals surface area contributed by atoms with Crippen LogP contribution in [0.25, 0.3) is 0 Å². The summed E-state index contributed by atoms with van der Waals surface area (Å²) in [5.74, 6) is 0.318. The predicted octanol–water partition coefficient (Wildman–Crippen LogP) is 2.97. The first-order valence-electron chi connectivity index (χ1n) is 7.78. The van der Waals surface area contributed by atoms with Gasteiger partial charge in [-0.1, -0.05) is 32.3 Å². The molecule has 1 saturated carbocycles. The Kier molecular flexibility index (Phi) is 6.85. The van der Waals surface area contributed by atoms with Gasteiger partial charge >= 0.3 is 5.97 Å². The Hall–Kier alpha value is -1.39. The average Bonchev–Trinajstić information content (AvgIpc) is 2.38. The molecule has 5 nitrogen and oxygen atoms in total. The van der Waals surface area contributed by atoms with Crippen LogP contribution in [0, 0.1) is 17.8 Å². The fourth-order valence-electron chi connectivity index (χ4n) is 2.80. The molecule has 0 aromatic rings. The molecule has 0 N–H and O–H groups in total. The number of ether oxygens (including phenoxy) is 1. The Morgan fingerprint density at radius 1 is 1.29 bits per heavy atom. The lowest BCUT2D eigenvalue weighted by molar-refractivity contribution is -0.136. The highest BCUT2D eigenvalue weighted by molar-refractivity contribution is 6.63. The molecule has 3 atom stereocenters. The van der Waals surface area contributed by atoms with Crippen LogP contribution in [0.15, 0.2) is 5.16 Å². The number of rotatable bonds is 6. The molecular formula is C16H27NO4. The van der Waals surface area contributed by atoms with Gasteiger partial charge < -0.3 is 9.57 Å². The minimum absolute atomic E-state index is 0.0440. The van der Waals surface area contributed by atoms with Crippen molar-refractivity contribution in [3.05, 3.63) is 0 Å². The zero-order valence-corrected chi connectivity index (χ0v) is 13.7. The van der Waals surface area contributed by atoms with Gasteiger partial charge in [0.05, 0.1) is 6.61 Å². The summed E-state index contributed by atoms with van der Waals surface area (Å²) in [4.78, 5) is 28.8. The van der Waals surface area contributed by atoms with Crippen molar-refractivity contribution in [1.29, 1.82) is 0 Å². The number of ketones is 1. The Morgan fingerprint density at radius 3 is 2.48 bits per heavy atom. The van der Waals surface area contributed by atoms with Crippen LogP contribution in [0.1, 0.15) is 53.9 Å². The molecule has 0 amide bonds. The molecule has 0 aliphatic heterocycles. The van der Waals surface area contributed by atoms with Gasteiger partial charge in [-0.3, -0.25) is 4.79 Å². The molecule has 5 heteroatoms. The molecule has 0 bridgehead atoms. The van der Waals surface area contributed by atoms with Crippen molar-refractivity contribution in [3.8, 4) is 0 Å². The van der Waals surface area contributed by atoms with Crippen molar-refractivity contribution in [3.63, 3.8) is 0 Å². The largest absolute Gasteiger partial charge is 0.461 e. The van der Waals surface area contributed by atoms with E-state index in [1.54, 1.807) is 6.92 Å². The van der Waals surface area contributed by atoms with Gasteiger partial charge in [0.25, 0.3) is 0 Å². The molecular weight excluding hydrogens is 270 g/mol. The highest BCUT2D eigenvalue weighted by Crippen LogP contribution is 2.35. The average molecular weight is 297 g/mol. The van der Waals surface area contributed by atoms with Crippen LogP contribution in [-0.4, -0.2) is 30.2 Å². The Balaban J connectivity index is 2.81. The van der Waals surface area contributed by atoms with Gasteiger partial charge in [0.2, 0.25) is 5.71 Å². The summed E-state index contributed by atoms with van der Waals surface area (Å²) >= 11 is 0. The smallest absolute Gasteiger partial charge is 0.364 e. The molecule has 1 fully saturated rings. The second-order valence-corrected chi connectivity index (χ2v) is 6.19. The van der Waals surface area contributed by atoms with E-state index in [0.717, 1.165) is 12.8 Å². The van der Waals surface area contributed by atoms with Gasteiger partial charge in [0.15, 0.2) is 5.78 Å². The van der Waals surface area contributed by atoms with E-state index < -0.39 is 11.8 Å². The SMILES string of the molecule is CCOC(=O)/C(=N\O[C@H]1C[C@H](C)CC[C@H]1C(C)C)C(C)=O. The second-order valence-electron chi connectivity index (χ2n) is 6.19. The van der Waals surface area contributed by atoms with E-state index in [1.807, 2.05) is 0 Å². The quantitative estimate of drug-likeness (QED) is 0.327. The van der Waals surface area contributed by atoms with Crippen LogP contribution in [-0.2, 0) is 19.2 Å². The van der Waals surface area contributed by atoms with Crippen LogP contribution < -0.4 is 0 Å². The third-order valence-electron chi connectivity index (χ3n) is 4.04. The molecule has 0 radical (unpaired) electrons. The molecule has 0 aromatic carbocycles. The van der Waals surface area contributed by atoms with Crippen molar-refractivity contribution >= 4 is 17.5 Å².